The van der Waals surface area contributed by atoms with Gasteiger partial charge in [0, 0.05) is 24.6 Å². The molecule has 0 aliphatic heterocycles. The van der Waals surface area contributed by atoms with Gasteiger partial charge in [0.15, 0.2) is 0 Å². The van der Waals surface area contributed by atoms with Crippen molar-refractivity contribution < 1.29 is 0 Å². The van der Waals surface area contributed by atoms with Crippen LogP contribution in [-0.4, -0.2) is 4.57 Å². The first-order valence-electron chi connectivity index (χ1n) is 3.91. The number of aryl methyl sites for hydroxylation is 1. The average molecular weight is 180 g/mol. The highest BCUT2D eigenvalue weighted by atomic mass is 35.5. The molecule has 0 radical (unpaired) electrons. The van der Waals surface area contributed by atoms with Crippen molar-refractivity contribution in [1.29, 1.82) is 0 Å². The fourth-order valence-corrected chi connectivity index (χ4v) is 1.58. The maximum Gasteiger partial charge on any atom is 0.0477 e. The normalized spacial score (nSPS) is 10.8. The lowest BCUT2D eigenvalue weighted by Crippen LogP contribution is -1.83. The molecule has 12 heavy (non-hydrogen) atoms. The monoisotopic (exact) mass is 179 g/mol. The van der Waals surface area contributed by atoms with Crippen LogP contribution in [0.25, 0.3) is 10.9 Å². The van der Waals surface area contributed by atoms with Crippen LogP contribution in [0, 0.1) is 0 Å². The van der Waals surface area contributed by atoms with Crippen LogP contribution in [0.2, 0.25) is 0 Å². The Morgan fingerprint density at radius 3 is 2.92 bits per heavy atom. The fraction of sp³-hybridized carbons (Fsp3) is 0.200. The van der Waals surface area contributed by atoms with Gasteiger partial charge in [-0.25, -0.2) is 0 Å². The number of hydrogen-bond acceptors (Lipinski definition) is 0. The molecule has 1 aromatic carbocycles. The highest BCUT2D eigenvalue weighted by molar-refractivity contribution is 6.17. The van der Waals surface area contributed by atoms with Crippen molar-refractivity contribution in [2.24, 2.45) is 7.05 Å². The number of benzene rings is 1. The van der Waals surface area contributed by atoms with Crippen LogP contribution in [0.4, 0.5) is 0 Å². The molecule has 0 amide bonds. The Morgan fingerprint density at radius 1 is 1.33 bits per heavy atom. The van der Waals surface area contributed by atoms with Crippen LogP contribution >= 0.6 is 11.6 Å². The van der Waals surface area contributed by atoms with Gasteiger partial charge in [-0.05, 0) is 29.1 Å². The minimum absolute atomic E-state index is 0.588. The van der Waals surface area contributed by atoms with Gasteiger partial charge in [0.05, 0.1) is 0 Å². The van der Waals surface area contributed by atoms with Gasteiger partial charge in [0.2, 0.25) is 0 Å². The van der Waals surface area contributed by atoms with E-state index < -0.39 is 0 Å². The third kappa shape index (κ3) is 1.10. The maximum absolute atomic E-state index is 5.73. The van der Waals surface area contributed by atoms with Crippen molar-refractivity contribution >= 4 is 22.5 Å². The number of nitrogens with zero attached hydrogens (tertiary/aromatic N) is 1. The molecule has 0 saturated carbocycles. The van der Waals surface area contributed by atoms with Gasteiger partial charge >= 0.3 is 0 Å². The van der Waals surface area contributed by atoms with Crippen LogP contribution < -0.4 is 0 Å². The Hall–Kier alpha value is -0.950. The standard InChI is InChI=1S/C10H10ClN/c1-12-5-4-9-6-8(7-11)2-3-10(9)12/h2-6H,7H2,1H3. The summed E-state index contributed by atoms with van der Waals surface area (Å²) < 4.78 is 2.10. The van der Waals surface area contributed by atoms with E-state index in [1.54, 1.807) is 0 Å². The van der Waals surface area contributed by atoms with Crippen molar-refractivity contribution in [3.05, 3.63) is 36.0 Å². The minimum atomic E-state index is 0.588. The molecule has 0 atom stereocenters. The second-order valence-electron chi connectivity index (χ2n) is 2.95. The van der Waals surface area contributed by atoms with Crippen LogP contribution in [-0.2, 0) is 12.9 Å². The van der Waals surface area contributed by atoms with Gasteiger partial charge in [-0.3, -0.25) is 0 Å². The number of rotatable bonds is 1. The molecule has 0 aliphatic rings. The largest absolute Gasteiger partial charge is 0.351 e. The lowest BCUT2D eigenvalue weighted by atomic mass is 10.2. The minimum Gasteiger partial charge on any atom is -0.351 e. The van der Waals surface area contributed by atoms with Crippen molar-refractivity contribution in [3.8, 4) is 0 Å². The topological polar surface area (TPSA) is 4.93 Å². The van der Waals surface area contributed by atoms with E-state index in [9.17, 15) is 0 Å². The van der Waals surface area contributed by atoms with Crippen LogP contribution in [0.3, 0.4) is 0 Å². The van der Waals surface area contributed by atoms with Crippen molar-refractivity contribution in [1.82, 2.24) is 4.57 Å². The highest BCUT2D eigenvalue weighted by Crippen LogP contribution is 2.17. The lowest BCUT2D eigenvalue weighted by molar-refractivity contribution is 0.969. The van der Waals surface area contributed by atoms with Gasteiger partial charge in [0.25, 0.3) is 0 Å². The van der Waals surface area contributed by atoms with Gasteiger partial charge in [-0.15, -0.1) is 11.6 Å². The maximum atomic E-state index is 5.73. The molecule has 0 bridgehead atoms. The number of hydrogen-bond donors (Lipinski definition) is 0. The zero-order valence-electron chi connectivity index (χ0n) is 6.92. The second-order valence-corrected chi connectivity index (χ2v) is 3.22. The molecule has 2 heteroatoms. The Bertz CT molecular complexity index is 403. The highest BCUT2D eigenvalue weighted by Gasteiger charge is 1.97. The lowest BCUT2D eigenvalue weighted by Gasteiger charge is -1.97. The van der Waals surface area contributed by atoms with Crippen LogP contribution in [0.15, 0.2) is 30.5 Å². The molecule has 62 valence electrons. The van der Waals surface area contributed by atoms with E-state index in [2.05, 4.69) is 35.0 Å². The predicted molar refractivity (Wildman–Crippen MR) is 52.5 cm³/mol. The molecule has 0 fully saturated rings. The van der Waals surface area contributed by atoms with Crippen LogP contribution in [0.1, 0.15) is 5.56 Å². The van der Waals surface area contributed by atoms with Crippen molar-refractivity contribution in [3.63, 3.8) is 0 Å². The first kappa shape index (κ1) is 7.69. The average Bonchev–Trinajstić information content (AvgIpc) is 2.47. The SMILES string of the molecule is Cn1ccc2cc(CCl)ccc21. The Balaban J connectivity index is 2.69. The molecule has 0 unspecified atom stereocenters. The molecule has 0 aliphatic carbocycles. The van der Waals surface area contributed by atoms with Crippen LogP contribution in [0.5, 0.6) is 0 Å². The molecule has 2 aromatic rings. The molecule has 0 N–H and O–H groups in total. The van der Waals surface area contributed by atoms with E-state index >= 15 is 0 Å². The third-order valence-electron chi connectivity index (χ3n) is 2.10. The number of aromatic nitrogens is 1. The summed E-state index contributed by atoms with van der Waals surface area (Å²) in [5.74, 6) is 0.588. The zero-order chi connectivity index (χ0) is 8.55. The summed E-state index contributed by atoms with van der Waals surface area (Å²) in [5, 5.41) is 1.26. The van der Waals surface area contributed by atoms with E-state index in [1.165, 1.54) is 16.5 Å². The van der Waals surface area contributed by atoms with Gasteiger partial charge in [-0.2, -0.15) is 0 Å². The van der Waals surface area contributed by atoms with E-state index in [0.29, 0.717) is 5.88 Å². The molecule has 1 heterocycles. The Labute approximate surface area is 76.6 Å². The summed E-state index contributed by atoms with van der Waals surface area (Å²) in [6.07, 6.45) is 2.06. The summed E-state index contributed by atoms with van der Waals surface area (Å²) >= 11 is 5.73. The first-order chi connectivity index (χ1) is 5.81. The smallest absolute Gasteiger partial charge is 0.0477 e. The first-order valence-corrected chi connectivity index (χ1v) is 4.44. The van der Waals surface area contributed by atoms with Crippen molar-refractivity contribution in [2.75, 3.05) is 0 Å². The number of alkyl halides is 1. The molecule has 1 nitrogen and oxygen atoms in total. The summed E-state index contributed by atoms with van der Waals surface area (Å²) in [5.41, 5.74) is 2.43. The molecule has 1 aromatic heterocycles. The molecule has 2 rings (SSSR count). The Morgan fingerprint density at radius 2 is 2.17 bits per heavy atom. The molecular weight excluding hydrogens is 170 g/mol. The summed E-state index contributed by atoms with van der Waals surface area (Å²) in [6, 6.07) is 8.40. The summed E-state index contributed by atoms with van der Waals surface area (Å²) in [6.45, 7) is 0. The fourth-order valence-electron chi connectivity index (χ4n) is 1.41. The number of fused-ring (bicyclic) bond motifs is 1. The van der Waals surface area contributed by atoms with E-state index in [1.807, 2.05) is 7.05 Å². The van der Waals surface area contributed by atoms with Gasteiger partial charge < -0.3 is 4.57 Å². The predicted octanol–water partition coefficient (Wildman–Crippen LogP) is 2.92. The molecular formula is C10H10ClN. The van der Waals surface area contributed by atoms with Gasteiger partial charge in [-0.1, -0.05) is 6.07 Å². The zero-order valence-corrected chi connectivity index (χ0v) is 7.67. The number of halogens is 1. The quantitative estimate of drug-likeness (QED) is 0.594. The van der Waals surface area contributed by atoms with Crippen molar-refractivity contribution in [2.45, 2.75) is 5.88 Å². The molecule has 0 saturated heterocycles. The summed E-state index contributed by atoms with van der Waals surface area (Å²) in [7, 11) is 2.04. The van der Waals surface area contributed by atoms with E-state index in [4.69, 9.17) is 11.6 Å². The van der Waals surface area contributed by atoms with Gasteiger partial charge in [0.1, 0.15) is 0 Å². The molecule has 0 spiro atoms. The Kier molecular flexibility index (Phi) is 1.81. The second kappa shape index (κ2) is 2.83. The summed E-state index contributed by atoms with van der Waals surface area (Å²) in [4.78, 5) is 0. The van der Waals surface area contributed by atoms with E-state index in [-0.39, 0.29) is 0 Å². The van der Waals surface area contributed by atoms with E-state index in [0.717, 1.165) is 0 Å². The third-order valence-corrected chi connectivity index (χ3v) is 2.41.